The summed E-state index contributed by atoms with van der Waals surface area (Å²) in [4.78, 5) is 23.6. The van der Waals surface area contributed by atoms with Crippen molar-refractivity contribution in [2.24, 2.45) is 40.4 Å². The first-order valence-electron chi connectivity index (χ1n) is 10.4. The third-order valence-corrected chi connectivity index (χ3v) is 9.06. The number of ketones is 1. The highest BCUT2D eigenvalue weighted by Gasteiger charge is 2.62. The van der Waals surface area contributed by atoms with Crippen LogP contribution in [0.4, 0.5) is 0 Å². The summed E-state index contributed by atoms with van der Waals surface area (Å²) < 4.78 is 5.76. The van der Waals surface area contributed by atoms with Gasteiger partial charge in [-0.1, -0.05) is 20.8 Å². The summed E-state index contributed by atoms with van der Waals surface area (Å²) in [6, 6.07) is 0. The topological polar surface area (TPSA) is 43.4 Å². The van der Waals surface area contributed by atoms with Crippen molar-refractivity contribution < 1.29 is 14.3 Å². The van der Waals surface area contributed by atoms with Gasteiger partial charge in [-0.3, -0.25) is 9.59 Å². The van der Waals surface area contributed by atoms with Gasteiger partial charge in [-0.25, -0.2) is 0 Å². The Balaban J connectivity index is 1.63. The van der Waals surface area contributed by atoms with Crippen molar-refractivity contribution in [2.45, 2.75) is 85.2 Å². The second-order valence-electron chi connectivity index (χ2n) is 10.2. The van der Waals surface area contributed by atoms with E-state index < -0.39 is 0 Å². The Bertz CT molecular complexity index is 584. The molecule has 8 atom stereocenters. The van der Waals surface area contributed by atoms with Crippen molar-refractivity contribution in [3.05, 3.63) is 0 Å². The Morgan fingerprint density at radius 2 is 1.80 bits per heavy atom. The lowest BCUT2D eigenvalue weighted by Crippen LogP contribution is -2.56. The molecule has 25 heavy (non-hydrogen) atoms. The molecule has 4 aliphatic carbocycles. The highest BCUT2D eigenvalue weighted by Crippen LogP contribution is 2.67. The number of hydrogen-bond acceptors (Lipinski definition) is 3. The lowest BCUT2D eigenvalue weighted by atomic mass is 9.43. The van der Waals surface area contributed by atoms with Crippen molar-refractivity contribution in [3.8, 4) is 0 Å². The predicted molar refractivity (Wildman–Crippen MR) is 96.8 cm³/mol. The van der Waals surface area contributed by atoms with E-state index in [-0.39, 0.29) is 17.5 Å². The Labute approximate surface area is 152 Å². The average Bonchev–Trinajstić information content (AvgIpc) is 2.85. The molecule has 0 spiro atoms. The molecule has 0 bridgehead atoms. The molecule has 0 aromatic carbocycles. The lowest BCUT2D eigenvalue weighted by Gasteiger charge is -2.62. The molecule has 0 N–H and O–H groups in total. The summed E-state index contributed by atoms with van der Waals surface area (Å²) in [5, 5.41) is 0. The van der Waals surface area contributed by atoms with Crippen LogP contribution in [0.2, 0.25) is 0 Å². The van der Waals surface area contributed by atoms with E-state index in [9.17, 15) is 9.59 Å². The average molecular weight is 347 g/mol. The van der Waals surface area contributed by atoms with E-state index in [1.54, 1.807) is 6.92 Å². The Morgan fingerprint density at radius 3 is 2.52 bits per heavy atom. The van der Waals surface area contributed by atoms with Gasteiger partial charge in [0.25, 0.3) is 0 Å². The molecule has 4 rings (SSSR count). The number of esters is 1. The monoisotopic (exact) mass is 346 g/mol. The summed E-state index contributed by atoms with van der Waals surface area (Å²) >= 11 is 0. The normalized spacial score (nSPS) is 52.1. The molecule has 0 aromatic rings. The standard InChI is InChI=1S/C22H34O3/c1-13-11-15-12-16(24)7-9-21(15,3)18-8-10-22(4)17(20(13)18)5-6-19(22)25-14(2)23/h13,15,17-20H,5-12H2,1-4H3/t13-,15+,17-,18-,19-,20-,21-,22-/m0/s1. The van der Waals surface area contributed by atoms with Gasteiger partial charge in [0.05, 0.1) is 0 Å². The number of hydrogen-bond donors (Lipinski definition) is 0. The summed E-state index contributed by atoms with van der Waals surface area (Å²) in [7, 11) is 0. The molecule has 140 valence electrons. The van der Waals surface area contributed by atoms with E-state index in [1.165, 1.54) is 25.7 Å². The van der Waals surface area contributed by atoms with Gasteiger partial charge in [0.1, 0.15) is 11.9 Å². The van der Waals surface area contributed by atoms with Crippen molar-refractivity contribution >= 4 is 11.8 Å². The number of fused-ring (bicyclic) bond motifs is 5. The van der Waals surface area contributed by atoms with Crippen molar-refractivity contribution in [2.75, 3.05) is 0 Å². The number of carbonyl (C=O) groups is 2. The van der Waals surface area contributed by atoms with E-state index in [2.05, 4.69) is 20.8 Å². The van der Waals surface area contributed by atoms with Crippen molar-refractivity contribution in [1.82, 2.24) is 0 Å². The molecule has 4 fully saturated rings. The molecule has 0 radical (unpaired) electrons. The van der Waals surface area contributed by atoms with Crippen LogP contribution in [0.5, 0.6) is 0 Å². The molecule has 0 saturated heterocycles. The zero-order valence-electron chi connectivity index (χ0n) is 16.3. The third kappa shape index (κ3) is 2.51. The minimum atomic E-state index is -0.122. The minimum Gasteiger partial charge on any atom is -0.462 e. The minimum absolute atomic E-state index is 0.113. The fourth-order valence-electron chi connectivity index (χ4n) is 7.77. The van der Waals surface area contributed by atoms with E-state index in [4.69, 9.17) is 4.74 Å². The second kappa shape index (κ2) is 5.82. The van der Waals surface area contributed by atoms with Gasteiger partial charge in [-0.2, -0.15) is 0 Å². The number of ether oxygens (including phenoxy) is 1. The molecule has 0 aliphatic heterocycles. The van der Waals surface area contributed by atoms with Crippen molar-refractivity contribution in [1.29, 1.82) is 0 Å². The molecule has 0 heterocycles. The first kappa shape index (κ1) is 17.5. The van der Waals surface area contributed by atoms with E-state index in [0.717, 1.165) is 37.5 Å². The van der Waals surface area contributed by atoms with Gasteiger partial charge in [-0.15, -0.1) is 0 Å². The highest BCUT2D eigenvalue weighted by atomic mass is 16.5. The molecule has 3 nitrogen and oxygen atoms in total. The van der Waals surface area contributed by atoms with Crippen LogP contribution < -0.4 is 0 Å². The van der Waals surface area contributed by atoms with Gasteiger partial charge in [0.2, 0.25) is 0 Å². The van der Waals surface area contributed by atoms with Crippen LogP contribution in [-0.2, 0) is 14.3 Å². The van der Waals surface area contributed by atoms with E-state index in [0.29, 0.717) is 29.0 Å². The molecule has 4 aliphatic rings. The van der Waals surface area contributed by atoms with Crippen LogP contribution in [0.3, 0.4) is 0 Å². The number of Topliss-reactive ketones (excluding diaryl/α,β-unsaturated/α-hetero) is 1. The van der Waals surface area contributed by atoms with Gasteiger partial charge < -0.3 is 4.74 Å². The largest absolute Gasteiger partial charge is 0.462 e. The van der Waals surface area contributed by atoms with Gasteiger partial charge in [0, 0.05) is 25.2 Å². The predicted octanol–water partition coefficient (Wildman–Crippen LogP) is 4.78. The highest BCUT2D eigenvalue weighted by molar-refractivity contribution is 5.79. The van der Waals surface area contributed by atoms with Crippen LogP contribution in [-0.4, -0.2) is 17.9 Å². The first-order valence-corrected chi connectivity index (χ1v) is 10.4. The van der Waals surface area contributed by atoms with Gasteiger partial charge in [0.15, 0.2) is 0 Å². The molecule has 4 saturated carbocycles. The van der Waals surface area contributed by atoms with Crippen LogP contribution in [0, 0.1) is 40.4 Å². The maximum atomic E-state index is 12.1. The number of carbonyl (C=O) groups excluding carboxylic acids is 2. The van der Waals surface area contributed by atoms with E-state index >= 15 is 0 Å². The second-order valence-corrected chi connectivity index (χ2v) is 10.2. The summed E-state index contributed by atoms with van der Waals surface area (Å²) in [5.74, 6) is 3.83. The van der Waals surface area contributed by atoms with E-state index in [1.807, 2.05) is 0 Å². The molecular formula is C22H34O3. The molecular weight excluding hydrogens is 312 g/mol. The Hall–Kier alpha value is -0.860. The lowest BCUT2D eigenvalue weighted by molar-refractivity contribution is -0.167. The van der Waals surface area contributed by atoms with Crippen LogP contribution >= 0.6 is 0 Å². The summed E-state index contributed by atoms with van der Waals surface area (Å²) in [6.07, 6.45) is 8.72. The Kier molecular flexibility index (Phi) is 4.09. The summed E-state index contributed by atoms with van der Waals surface area (Å²) in [5.41, 5.74) is 0.515. The fourth-order valence-corrected chi connectivity index (χ4v) is 7.77. The van der Waals surface area contributed by atoms with Crippen molar-refractivity contribution in [3.63, 3.8) is 0 Å². The van der Waals surface area contributed by atoms with Crippen LogP contribution in [0.1, 0.15) is 79.1 Å². The number of rotatable bonds is 1. The van der Waals surface area contributed by atoms with Gasteiger partial charge >= 0.3 is 5.97 Å². The molecule has 3 heteroatoms. The molecule has 0 unspecified atom stereocenters. The Morgan fingerprint density at radius 1 is 1.08 bits per heavy atom. The third-order valence-electron chi connectivity index (χ3n) is 9.06. The van der Waals surface area contributed by atoms with Crippen LogP contribution in [0.25, 0.3) is 0 Å². The summed E-state index contributed by atoms with van der Waals surface area (Å²) in [6.45, 7) is 8.87. The van der Waals surface area contributed by atoms with Gasteiger partial charge in [-0.05, 0) is 73.5 Å². The molecule has 0 aromatic heterocycles. The van der Waals surface area contributed by atoms with Crippen LogP contribution in [0.15, 0.2) is 0 Å². The smallest absolute Gasteiger partial charge is 0.302 e. The maximum absolute atomic E-state index is 12.1. The first-order chi connectivity index (χ1) is 11.8. The maximum Gasteiger partial charge on any atom is 0.302 e. The zero-order chi connectivity index (χ0) is 18.0. The quantitative estimate of drug-likeness (QED) is 0.642. The molecule has 0 amide bonds. The SMILES string of the molecule is CC(=O)O[C@H]1CC[C@H]2[C@@H]3[C@@H](C)C[C@@H]4CC(=O)CC[C@]4(C)[C@H]3CC[C@]12C. The zero-order valence-corrected chi connectivity index (χ0v) is 16.3. The fraction of sp³-hybridized carbons (Fsp3) is 0.909.